The van der Waals surface area contributed by atoms with Crippen LogP contribution in [-0.4, -0.2) is 60.8 Å². The Morgan fingerprint density at radius 2 is 2.17 bits per heavy atom. The molecular formula is C19H19ClFN3O5S. The van der Waals surface area contributed by atoms with Crippen molar-refractivity contribution in [2.24, 2.45) is 0 Å². The molecule has 1 aliphatic heterocycles. The first-order valence-electron chi connectivity index (χ1n) is 8.85. The Bertz CT molecular complexity index is 1080. The molecule has 3 atom stereocenters. The van der Waals surface area contributed by atoms with Gasteiger partial charge in [-0.2, -0.15) is 9.57 Å². The maximum atomic E-state index is 13.9. The number of halogens is 2. The minimum absolute atomic E-state index is 0.0436. The lowest BCUT2D eigenvalue weighted by Gasteiger charge is -2.33. The van der Waals surface area contributed by atoms with E-state index in [1.54, 1.807) is 13.0 Å². The van der Waals surface area contributed by atoms with E-state index in [2.05, 4.69) is 4.98 Å². The van der Waals surface area contributed by atoms with E-state index < -0.39 is 33.6 Å². The molecule has 0 radical (unpaired) electrons. The topological polar surface area (TPSA) is 113 Å². The number of aromatic nitrogens is 1. The van der Waals surface area contributed by atoms with Crippen LogP contribution in [0.4, 0.5) is 4.39 Å². The zero-order valence-electron chi connectivity index (χ0n) is 16.1. The first-order chi connectivity index (χ1) is 14.1. The standard InChI is InChI=1S/C19H19ClFN3O5S/c1-12(28-2)19(25)11-24(30(26,27)18-6-4-14(20)9-23-18)10-17(19)29-15-5-3-13(8-22)16(21)7-15/h3-7,9,12,17,25H,10-11H2,1-2H3/t12-,17+,19-/m1/s1. The van der Waals surface area contributed by atoms with E-state index in [-0.39, 0.29) is 34.5 Å². The first kappa shape index (κ1) is 22.4. The molecule has 0 bridgehead atoms. The van der Waals surface area contributed by atoms with Gasteiger partial charge < -0.3 is 14.6 Å². The van der Waals surface area contributed by atoms with Crippen molar-refractivity contribution >= 4 is 21.6 Å². The van der Waals surface area contributed by atoms with Crippen molar-refractivity contribution in [1.82, 2.24) is 9.29 Å². The molecule has 11 heteroatoms. The second kappa shape index (κ2) is 8.45. The van der Waals surface area contributed by atoms with Gasteiger partial charge in [0.2, 0.25) is 0 Å². The Balaban J connectivity index is 1.93. The lowest BCUT2D eigenvalue weighted by molar-refractivity contribution is -0.118. The van der Waals surface area contributed by atoms with Gasteiger partial charge in [-0.05, 0) is 31.2 Å². The van der Waals surface area contributed by atoms with Crippen LogP contribution in [0.15, 0.2) is 41.6 Å². The molecule has 0 unspecified atom stereocenters. The number of hydrogen-bond acceptors (Lipinski definition) is 7. The summed E-state index contributed by atoms with van der Waals surface area (Å²) in [4.78, 5) is 3.85. The van der Waals surface area contributed by atoms with E-state index in [0.717, 1.165) is 10.4 Å². The summed E-state index contributed by atoms with van der Waals surface area (Å²) in [5, 5.41) is 20.1. The summed E-state index contributed by atoms with van der Waals surface area (Å²) in [5.74, 6) is -0.742. The molecule has 0 spiro atoms. The number of aliphatic hydroxyl groups is 1. The summed E-state index contributed by atoms with van der Waals surface area (Å²) >= 11 is 5.78. The Hall–Kier alpha value is -2.29. The van der Waals surface area contributed by atoms with Crippen molar-refractivity contribution in [2.45, 2.75) is 29.8 Å². The van der Waals surface area contributed by atoms with Gasteiger partial charge in [-0.3, -0.25) is 0 Å². The van der Waals surface area contributed by atoms with Crippen LogP contribution in [0.1, 0.15) is 12.5 Å². The lowest BCUT2D eigenvalue weighted by atomic mass is 9.94. The van der Waals surface area contributed by atoms with Gasteiger partial charge in [0, 0.05) is 25.9 Å². The Morgan fingerprint density at radius 3 is 2.73 bits per heavy atom. The highest BCUT2D eigenvalue weighted by Crippen LogP contribution is 2.34. The van der Waals surface area contributed by atoms with Gasteiger partial charge in [0.05, 0.1) is 23.2 Å². The van der Waals surface area contributed by atoms with Crippen LogP contribution in [-0.2, 0) is 14.8 Å². The molecule has 0 aliphatic carbocycles. The van der Waals surface area contributed by atoms with Crippen molar-refractivity contribution in [3.8, 4) is 11.8 Å². The van der Waals surface area contributed by atoms with Gasteiger partial charge in [0.25, 0.3) is 10.0 Å². The molecule has 0 saturated carbocycles. The number of benzene rings is 1. The number of pyridine rings is 1. The second-order valence-electron chi connectivity index (χ2n) is 6.84. The smallest absolute Gasteiger partial charge is 0.260 e. The quantitative estimate of drug-likeness (QED) is 0.708. The SMILES string of the molecule is CO[C@H](C)[C@]1(O)CN(S(=O)(=O)c2ccc(Cl)cn2)C[C@@H]1Oc1ccc(C#N)c(F)c1. The van der Waals surface area contributed by atoms with E-state index in [4.69, 9.17) is 26.3 Å². The van der Waals surface area contributed by atoms with Gasteiger partial charge >= 0.3 is 0 Å². The average molecular weight is 456 g/mol. The summed E-state index contributed by atoms with van der Waals surface area (Å²) in [6.07, 6.45) is -0.659. The van der Waals surface area contributed by atoms with Crippen LogP contribution in [0.25, 0.3) is 0 Å². The molecule has 1 fully saturated rings. The summed E-state index contributed by atoms with van der Waals surface area (Å²) in [6.45, 7) is 1.03. The lowest BCUT2D eigenvalue weighted by Crippen LogP contribution is -2.53. The molecule has 0 amide bonds. The Kier molecular flexibility index (Phi) is 6.31. The Labute approximate surface area is 178 Å². The van der Waals surface area contributed by atoms with Gasteiger partial charge in [-0.1, -0.05) is 11.6 Å². The van der Waals surface area contributed by atoms with Crippen LogP contribution in [0.5, 0.6) is 5.75 Å². The van der Waals surface area contributed by atoms with E-state index in [1.165, 1.54) is 37.6 Å². The molecule has 1 N–H and O–H groups in total. The van der Waals surface area contributed by atoms with Crippen LogP contribution in [0.3, 0.4) is 0 Å². The van der Waals surface area contributed by atoms with Gasteiger partial charge in [-0.15, -0.1) is 0 Å². The summed E-state index contributed by atoms with van der Waals surface area (Å²) in [7, 11) is -2.69. The third kappa shape index (κ3) is 4.12. The zero-order valence-corrected chi connectivity index (χ0v) is 17.7. The predicted octanol–water partition coefficient (Wildman–Crippen LogP) is 1.96. The number of nitriles is 1. The highest BCUT2D eigenvalue weighted by molar-refractivity contribution is 7.89. The van der Waals surface area contributed by atoms with Crippen LogP contribution < -0.4 is 4.74 Å². The molecule has 2 heterocycles. The number of sulfonamides is 1. The number of nitrogens with zero attached hydrogens (tertiary/aromatic N) is 3. The monoisotopic (exact) mass is 455 g/mol. The molecule has 160 valence electrons. The Morgan fingerprint density at radius 1 is 1.43 bits per heavy atom. The number of methoxy groups -OCH3 is 1. The minimum Gasteiger partial charge on any atom is -0.486 e. The van der Waals surface area contributed by atoms with E-state index in [9.17, 15) is 17.9 Å². The fourth-order valence-electron chi connectivity index (χ4n) is 3.18. The normalized spacial score (nSPS) is 23.1. The highest BCUT2D eigenvalue weighted by atomic mass is 35.5. The second-order valence-corrected chi connectivity index (χ2v) is 9.16. The van der Waals surface area contributed by atoms with E-state index in [0.29, 0.717) is 0 Å². The molecular weight excluding hydrogens is 437 g/mol. The van der Waals surface area contributed by atoms with Crippen LogP contribution in [0.2, 0.25) is 5.02 Å². The zero-order chi connectivity index (χ0) is 22.1. The third-order valence-electron chi connectivity index (χ3n) is 5.06. The van der Waals surface area contributed by atoms with Gasteiger partial charge in [-0.25, -0.2) is 17.8 Å². The number of rotatable bonds is 6. The van der Waals surface area contributed by atoms with Crippen molar-refractivity contribution in [3.05, 3.63) is 52.9 Å². The minimum atomic E-state index is -4.06. The predicted molar refractivity (Wildman–Crippen MR) is 105 cm³/mol. The maximum absolute atomic E-state index is 13.9. The van der Waals surface area contributed by atoms with Crippen molar-refractivity contribution in [1.29, 1.82) is 5.26 Å². The first-order valence-corrected chi connectivity index (χ1v) is 10.7. The number of β-amino-alcohol motifs (C(OH)–C–C–N with tert-alkyl or cyclic N) is 1. The molecule has 2 aromatic rings. The third-order valence-corrected chi connectivity index (χ3v) is 7.01. The van der Waals surface area contributed by atoms with Crippen molar-refractivity contribution in [3.63, 3.8) is 0 Å². The highest BCUT2D eigenvalue weighted by Gasteiger charge is 2.54. The van der Waals surface area contributed by atoms with Gasteiger partial charge in [0.1, 0.15) is 29.3 Å². The number of hydrogen-bond donors (Lipinski definition) is 1. The van der Waals surface area contributed by atoms with E-state index >= 15 is 0 Å². The molecule has 30 heavy (non-hydrogen) atoms. The molecule has 1 aromatic carbocycles. The van der Waals surface area contributed by atoms with E-state index in [1.807, 2.05) is 0 Å². The molecule has 3 rings (SSSR count). The fourth-order valence-corrected chi connectivity index (χ4v) is 4.69. The van der Waals surface area contributed by atoms with Crippen molar-refractivity contribution in [2.75, 3.05) is 20.2 Å². The van der Waals surface area contributed by atoms with Crippen LogP contribution >= 0.6 is 11.6 Å². The number of ether oxygens (including phenoxy) is 2. The largest absolute Gasteiger partial charge is 0.486 e. The molecule has 1 aromatic heterocycles. The average Bonchev–Trinajstić information content (AvgIpc) is 3.06. The summed E-state index contributed by atoms with van der Waals surface area (Å²) in [6, 6.07) is 7.99. The van der Waals surface area contributed by atoms with Crippen LogP contribution in [0, 0.1) is 17.1 Å². The fraction of sp³-hybridized carbons (Fsp3) is 0.368. The molecule has 1 aliphatic rings. The summed E-state index contributed by atoms with van der Waals surface area (Å²) in [5.41, 5.74) is -1.88. The molecule has 8 nitrogen and oxygen atoms in total. The van der Waals surface area contributed by atoms with Gasteiger partial charge in [0.15, 0.2) is 5.03 Å². The molecule has 1 saturated heterocycles. The summed E-state index contributed by atoms with van der Waals surface area (Å²) < 4.78 is 52.0. The van der Waals surface area contributed by atoms with Crippen molar-refractivity contribution < 1.29 is 27.4 Å². The maximum Gasteiger partial charge on any atom is 0.260 e.